The summed E-state index contributed by atoms with van der Waals surface area (Å²) in [6, 6.07) is 15.7. The number of aromatic nitrogens is 2. The van der Waals surface area contributed by atoms with Gasteiger partial charge in [0, 0.05) is 32.0 Å². The van der Waals surface area contributed by atoms with Crippen LogP contribution in [-0.2, 0) is 11.3 Å². The first-order valence-corrected chi connectivity index (χ1v) is 8.57. The van der Waals surface area contributed by atoms with Crippen LogP contribution in [0.25, 0.3) is 5.69 Å². The summed E-state index contributed by atoms with van der Waals surface area (Å²) in [7, 11) is 0. The molecule has 1 N–H and O–H groups in total. The summed E-state index contributed by atoms with van der Waals surface area (Å²) in [5.74, 6) is -0.346. The normalized spacial score (nSPS) is 17.9. The van der Waals surface area contributed by atoms with E-state index in [-0.39, 0.29) is 11.7 Å². The Morgan fingerprint density at radius 2 is 1.88 bits per heavy atom. The summed E-state index contributed by atoms with van der Waals surface area (Å²) < 4.78 is 15.0. The van der Waals surface area contributed by atoms with Gasteiger partial charge in [-0.05, 0) is 41.5 Å². The van der Waals surface area contributed by atoms with Gasteiger partial charge in [0.2, 0.25) is 5.91 Å². The van der Waals surface area contributed by atoms with Gasteiger partial charge in [-0.1, -0.05) is 24.3 Å². The van der Waals surface area contributed by atoms with E-state index < -0.39 is 6.04 Å². The number of amides is 1. The van der Waals surface area contributed by atoms with E-state index in [0.29, 0.717) is 13.1 Å². The van der Waals surface area contributed by atoms with Crippen molar-refractivity contribution < 1.29 is 9.18 Å². The molecule has 0 spiro atoms. The maximum Gasteiger partial charge on any atom is 0.242 e. The topological polar surface area (TPSA) is 50.2 Å². The average molecular weight is 350 g/mol. The standard InChI is InChI=1S/C20H19FN4O/c21-17-6-4-16(5-7-17)19-20(26)22-11-13-24(19)14-15-2-8-18(9-3-15)25-12-1-10-23-25/h1-10,12,19H,11,13-14H2,(H,22,26). The monoisotopic (exact) mass is 350 g/mol. The molecule has 1 saturated heterocycles. The molecule has 1 unspecified atom stereocenters. The molecule has 0 radical (unpaired) electrons. The van der Waals surface area contributed by atoms with E-state index in [0.717, 1.165) is 23.4 Å². The molecule has 3 aromatic rings. The van der Waals surface area contributed by atoms with Gasteiger partial charge >= 0.3 is 0 Å². The number of hydrogen-bond acceptors (Lipinski definition) is 3. The van der Waals surface area contributed by atoms with Crippen molar-refractivity contribution >= 4 is 5.91 Å². The van der Waals surface area contributed by atoms with Gasteiger partial charge in [-0.15, -0.1) is 0 Å². The number of rotatable bonds is 4. The van der Waals surface area contributed by atoms with Gasteiger partial charge < -0.3 is 5.32 Å². The Morgan fingerprint density at radius 3 is 2.58 bits per heavy atom. The molecule has 2 aromatic carbocycles. The number of nitrogens with zero attached hydrogens (tertiary/aromatic N) is 3. The highest BCUT2D eigenvalue weighted by atomic mass is 19.1. The van der Waals surface area contributed by atoms with Crippen molar-refractivity contribution in [3.63, 3.8) is 0 Å². The first kappa shape index (κ1) is 16.5. The van der Waals surface area contributed by atoms with Crippen molar-refractivity contribution in [2.75, 3.05) is 13.1 Å². The molecule has 6 heteroatoms. The van der Waals surface area contributed by atoms with Crippen LogP contribution in [-0.4, -0.2) is 33.7 Å². The fourth-order valence-electron chi connectivity index (χ4n) is 3.30. The van der Waals surface area contributed by atoms with Crippen LogP contribution >= 0.6 is 0 Å². The Bertz CT molecular complexity index is 875. The van der Waals surface area contributed by atoms with E-state index in [1.165, 1.54) is 12.1 Å². The minimum atomic E-state index is -0.407. The number of carbonyl (C=O) groups excluding carboxylic acids is 1. The van der Waals surface area contributed by atoms with E-state index in [1.807, 2.05) is 36.5 Å². The Labute approximate surface area is 151 Å². The molecule has 1 aromatic heterocycles. The summed E-state index contributed by atoms with van der Waals surface area (Å²) in [5, 5.41) is 7.13. The van der Waals surface area contributed by atoms with Crippen molar-refractivity contribution in [2.45, 2.75) is 12.6 Å². The molecule has 0 bridgehead atoms. The zero-order valence-corrected chi connectivity index (χ0v) is 14.2. The predicted molar refractivity (Wildman–Crippen MR) is 96.1 cm³/mol. The van der Waals surface area contributed by atoms with Gasteiger partial charge in [0.05, 0.1) is 5.69 Å². The summed E-state index contributed by atoms with van der Waals surface area (Å²) >= 11 is 0. The lowest BCUT2D eigenvalue weighted by atomic mass is 10.0. The fraction of sp³-hybridized carbons (Fsp3) is 0.200. The van der Waals surface area contributed by atoms with Crippen LogP contribution in [0.5, 0.6) is 0 Å². The number of carbonyl (C=O) groups is 1. The lowest BCUT2D eigenvalue weighted by Crippen LogP contribution is -2.49. The lowest BCUT2D eigenvalue weighted by molar-refractivity contribution is -0.129. The maximum absolute atomic E-state index is 13.2. The smallest absolute Gasteiger partial charge is 0.242 e. The number of piperazine rings is 1. The third-order valence-corrected chi connectivity index (χ3v) is 4.59. The van der Waals surface area contributed by atoms with Crippen molar-refractivity contribution in [3.8, 4) is 5.69 Å². The second-order valence-electron chi connectivity index (χ2n) is 6.33. The first-order chi connectivity index (χ1) is 12.7. The SMILES string of the molecule is O=C1NCCN(Cc2ccc(-n3cccn3)cc2)C1c1ccc(F)cc1. The molecule has 1 amide bonds. The predicted octanol–water partition coefficient (Wildman–Crippen LogP) is 2.68. The van der Waals surface area contributed by atoms with E-state index >= 15 is 0 Å². The molecule has 1 atom stereocenters. The van der Waals surface area contributed by atoms with Gasteiger partial charge in [0.15, 0.2) is 0 Å². The third-order valence-electron chi connectivity index (χ3n) is 4.59. The molecule has 5 nitrogen and oxygen atoms in total. The molecule has 2 heterocycles. The van der Waals surface area contributed by atoms with Crippen LogP contribution in [0.15, 0.2) is 67.0 Å². The summed E-state index contributed by atoms with van der Waals surface area (Å²) in [6.45, 7) is 2.01. The molecule has 0 aliphatic carbocycles. The van der Waals surface area contributed by atoms with Gasteiger partial charge in [-0.25, -0.2) is 9.07 Å². The van der Waals surface area contributed by atoms with Crippen LogP contribution < -0.4 is 5.32 Å². The number of benzene rings is 2. The summed E-state index contributed by atoms with van der Waals surface area (Å²) in [6.07, 6.45) is 3.64. The number of hydrogen-bond donors (Lipinski definition) is 1. The van der Waals surface area contributed by atoms with Crippen molar-refractivity contribution in [3.05, 3.63) is 83.9 Å². The van der Waals surface area contributed by atoms with Crippen LogP contribution in [0.3, 0.4) is 0 Å². The summed E-state index contributed by atoms with van der Waals surface area (Å²) in [4.78, 5) is 14.6. The van der Waals surface area contributed by atoms with Gasteiger partial charge in [0.1, 0.15) is 11.9 Å². The van der Waals surface area contributed by atoms with Gasteiger partial charge in [0.25, 0.3) is 0 Å². The molecule has 1 aliphatic heterocycles. The second-order valence-corrected chi connectivity index (χ2v) is 6.33. The minimum Gasteiger partial charge on any atom is -0.353 e. The van der Waals surface area contributed by atoms with E-state index in [4.69, 9.17) is 0 Å². The van der Waals surface area contributed by atoms with Crippen molar-refractivity contribution in [1.29, 1.82) is 0 Å². The van der Waals surface area contributed by atoms with Gasteiger partial charge in [-0.2, -0.15) is 5.10 Å². The fourth-order valence-corrected chi connectivity index (χ4v) is 3.30. The molecule has 1 fully saturated rings. The highest BCUT2D eigenvalue weighted by Crippen LogP contribution is 2.25. The molecular formula is C20H19FN4O. The molecule has 26 heavy (non-hydrogen) atoms. The molecule has 132 valence electrons. The molecule has 4 rings (SSSR count). The molecular weight excluding hydrogens is 331 g/mol. The molecule has 1 aliphatic rings. The Balaban J connectivity index is 1.55. The zero-order valence-electron chi connectivity index (χ0n) is 14.2. The number of halogens is 1. The minimum absolute atomic E-state index is 0.0454. The largest absolute Gasteiger partial charge is 0.353 e. The number of nitrogens with one attached hydrogen (secondary N) is 1. The Morgan fingerprint density at radius 1 is 1.12 bits per heavy atom. The second kappa shape index (κ2) is 7.09. The average Bonchev–Trinajstić information content (AvgIpc) is 3.18. The van der Waals surface area contributed by atoms with Crippen molar-refractivity contribution in [2.24, 2.45) is 0 Å². The quantitative estimate of drug-likeness (QED) is 0.787. The van der Waals surface area contributed by atoms with E-state index in [9.17, 15) is 9.18 Å². The third kappa shape index (κ3) is 3.36. The first-order valence-electron chi connectivity index (χ1n) is 8.57. The lowest BCUT2D eigenvalue weighted by Gasteiger charge is -2.35. The van der Waals surface area contributed by atoms with Gasteiger partial charge in [-0.3, -0.25) is 9.69 Å². The van der Waals surface area contributed by atoms with Crippen LogP contribution in [0.1, 0.15) is 17.2 Å². The van der Waals surface area contributed by atoms with Crippen LogP contribution in [0, 0.1) is 5.82 Å². The van der Waals surface area contributed by atoms with Crippen LogP contribution in [0.2, 0.25) is 0 Å². The van der Waals surface area contributed by atoms with E-state index in [2.05, 4.69) is 15.3 Å². The highest BCUT2D eigenvalue weighted by molar-refractivity contribution is 5.83. The Kier molecular flexibility index (Phi) is 4.50. The Hall–Kier alpha value is -2.99. The summed E-state index contributed by atoms with van der Waals surface area (Å²) in [5.41, 5.74) is 2.91. The highest BCUT2D eigenvalue weighted by Gasteiger charge is 2.31. The van der Waals surface area contributed by atoms with Crippen molar-refractivity contribution in [1.82, 2.24) is 20.0 Å². The van der Waals surface area contributed by atoms with Crippen LogP contribution in [0.4, 0.5) is 4.39 Å². The molecule has 0 saturated carbocycles. The zero-order chi connectivity index (χ0) is 17.9. The maximum atomic E-state index is 13.2. The van der Waals surface area contributed by atoms with E-state index in [1.54, 1.807) is 23.0 Å².